The smallest absolute Gasteiger partial charge is 0.125 e. The zero-order valence-electron chi connectivity index (χ0n) is 11.0. The third-order valence-corrected chi connectivity index (χ3v) is 3.94. The second-order valence-electron chi connectivity index (χ2n) is 4.16. The summed E-state index contributed by atoms with van der Waals surface area (Å²) in [5, 5.41) is 2.98. The van der Waals surface area contributed by atoms with Crippen molar-refractivity contribution in [2.45, 2.75) is 38.8 Å². The highest BCUT2D eigenvalue weighted by Crippen LogP contribution is 2.32. The predicted molar refractivity (Wildman–Crippen MR) is 70.2 cm³/mol. The monoisotopic (exact) mass is 258 g/mol. The molecule has 0 aromatic carbocycles. The van der Waals surface area contributed by atoms with Crippen molar-refractivity contribution >= 4 is 11.3 Å². The van der Waals surface area contributed by atoms with Gasteiger partial charge in [0.1, 0.15) is 10.6 Å². The molecule has 1 aromatic heterocycles. The largest absolute Gasteiger partial charge is 0.383 e. The van der Waals surface area contributed by atoms with E-state index in [-0.39, 0.29) is 11.6 Å². The molecule has 4 nitrogen and oxygen atoms in total. The highest BCUT2D eigenvalue weighted by Gasteiger charge is 2.29. The first kappa shape index (κ1) is 14.6. The van der Waals surface area contributed by atoms with Gasteiger partial charge in [0.05, 0.1) is 18.3 Å². The summed E-state index contributed by atoms with van der Waals surface area (Å²) in [5.74, 6) is 0. The predicted octanol–water partition coefficient (Wildman–Crippen LogP) is 2.45. The minimum Gasteiger partial charge on any atom is -0.383 e. The van der Waals surface area contributed by atoms with Crippen LogP contribution in [0, 0.1) is 0 Å². The second-order valence-corrected chi connectivity index (χ2v) is 5.01. The maximum absolute atomic E-state index is 5.96. The molecule has 1 aromatic rings. The first-order valence-electron chi connectivity index (χ1n) is 5.91. The third-order valence-electron chi connectivity index (χ3n) is 2.84. The van der Waals surface area contributed by atoms with E-state index in [0.717, 1.165) is 17.1 Å². The molecule has 1 heterocycles. The molecule has 0 saturated carbocycles. The van der Waals surface area contributed by atoms with E-state index < -0.39 is 0 Å². The van der Waals surface area contributed by atoms with Crippen molar-refractivity contribution < 1.29 is 9.47 Å². The number of nitrogens with zero attached hydrogens (tertiary/aromatic N) is 1. The first-order valence-corrected chi connectivity index (χ1v) is 6.79. The van der Waals surface area contributed by atoms with Crippen LogP contribution >= 0.6 is 11.3 Å². The molecule has 98 valence electrons. The van der Waals surface area contributed by atoms with E-state index in [0.29, 0.717) is 13.2 Å². The molecule has 0 fully saturated rings. The summed E-state index contributed by atoms with van der Waals surface area (Å²) in [4.78, 5) is 4.58. The maximum atomic E-state index is 5.96. The molecular formula is C12H22N2O2S. The van der Waals surface area contributed by atoms with Crippen LogP contribution < -0.4 is 5.73 Å². The van der Waals surface area contributed by atoms with E-state index in [9.17, 15) is 0 Å². The van der Waals surface area contributed by atoms with Gasteiger partial charge in [0.15, 0.2) is 0 Å². The Balaban J connectivity index is 2.85. The number of thiazole rings is 1. The Morgan fingerprint density at radius 1 is 1.53 bits per heavy atom. The molecule has 0 aliphatic rings. The Bertz CT molecular complexity index is 343. The van der Waals surface area contributed by atoms with Crippen LogP contribution in [0.5, 0.6) is 0 Å². The molecule has 0 amide bonds. The lowest BCUT2D eigenvalue weighted by Gasteiger charge is -2.25. The first-order chi connectivity index (χ1) is 8.07. The number of methoxy groups -OCH3 is 1. The number of hydrogen-bond acceptors (Lipinski definition) is 5. The number of rotatable bonds is 7. The van der Waals surface area contributed by atoms with Crippen molar-refractivity contribution in [3.05, 3.63) is 16.1 Å². The van der Waals surface area contributed by atoms with Gasteiger partial charge < -0.3 is 15.2 Å². The summed E-state index contributed by atoms with van der Waals surface area (Å²) >= 11 is 1.60. The van der Waals surface area contributed by atoms with E-state index >= 15 is 0 Å². The molecule has 0 spiro atoms. The van der Waals surface area contributed by atoms with Crippen LogP contribution in [0.4, 0.5) is 0 Å². The molecule has 0 radical (unpaired) electrons. The Kier molecular flexibility index (Phi) is 5.52. The molecule has 2 atom stereocenters. The number of hydrogen-bond donors (Lipinski definition) is 1. The van der Waals surface area contributed by atoms with Crippen molar-refractivity contribution in [3.63, 3.8) is 0 Å². The van der Waals surface area contributed by atoms with E-state index in [4.69, 9.17) is 15.2 Å². The van der Waals surface area contributed by atoms with Crippen molar-refractivity contribution in [1.82, 2.24) is 4.98 Å². The van der Waals surface area contributed by atoms with E-state index in [1.165, 1.54) is 0 Å². The Morgan fingerprint density at radius 2 is 2.24 bits per heavy atom. The van der Waals surface area contributed by atoms with Crippen LogP contribution in [0.25, 0.3) is 0 Å². The van der Waals surface area contributed by atoms with Crippen LogP contribution in [-0.2, 0) is 15.1 Å². The Labute approximate surface area is 107 Å². The quantitative estimate of drug-likeness (QED) is 0.816. The van der Waals surface area contributed by atoms with Crippen molar-refractivity contribution in [2.75, 3.05) is 20.3 Å². The molecule has 1 rings (SSSR count). The zero-order chi connectivity index (χ0) is 12.9. The fourth-order valence-corrected chi connectivity index (χ4v) is 2.67. The average molecular weight is 258 g/mol. The van der Waals surface area contributed by atoms with Gasteiger partial charge in [-0.3, -0.25) is 0 Å². The molecule has 0 bridgehead atoms. The van der Waals surface area contributed by atoms with Gasteiger partial charge >= 0.3 is 0 Å². The number of aromatic nitrogens is 1. The van der Waals surface area contributed by atoms with Gasteiger partial charge in [-0.2, -0.15) is 0 Å². The second kappa shape index (κ2) is 6.44. The van der Waals surface area contributed by atoms with Gasteiger partial charge in [-0.1, -0.05) is 6.92 Å². The fourth-order valence-electron chi connectivity index (χ4n) is 1.60. The summed E-state index contributed by atoms with van der Waals surface area (Å²) in [6.45, 7) is 7.34. The highest BCUT2D eigenvalue weighted by molar-refractivity contribution is 7.09. The van der Waals surface area contributed by atoms with Crippen molar-refractivity contribution in [1.29, 1.82) is 0 Å². The van der Waals surface area contributed by atoms with Gasteiger partial charge in [-0.15, -0.1) is 11.3 Å². The van der Waals surface area contributed by atoms with Crippen LogP contribution in [0.2, 0.25) is 0 Å². The molecule has 2 unspecified atom stereocenters. The summed E-state index contributed by atoms with van der Waals surface area (Å²) in [5.41, 5.74) is 6.54. The molecular weight excluding hydrogens is 236 g/mol. The van der Waals surface area contributed by atoms with E-state index in [1.54, 1.807) is 18.4 Å². The Hall–Kier alpha value is -0.490. The minimum atomic E-state index is -0.301. The normalized spacial score (nSPS) is 16.8. The SMILES string of the molecule is CCOC(C)(CC)c1nc(C(N)COC)cs1. The van der Waals surface area contributed by atoms with Gasteiger partial charge in [0.2, 0.25) is 0 Å². The molecule has 0 aliphatic heterocycles. The Morgan fingerprint density at radius 3 is 2.76 bits per heavy atom. The summed E-state index contributed by atoms with van der Waals surface area (Å²) in [6.07, 6.45) is 0.896. The zero-order valence-corrected chi connectivity index (χ0v) is 11.8. The number of ether oxygens (including phenoxy) is 2. The van der Waals surface area contributed by atoms with Gasteiger partial charge in [-0.05, 0) is 20.3 Å². The fraction of sp³-hybridized carbons (Fsp3) is 0.750. The average Bonchev–Trinajstić information content (AvgIpc) is 2.79. The van der Waals surface area contributed by atoms with Crippen molar-refractivity contribution in [2.24, 2.45) is 5.73 Å². The lowest BCUT2D eigenvalue weighted by atomic mass is 10.0. The number of nitrogens with two attached hydrogens (primary N) is 1. The lowest BCUT2D eigenvalue weighted by molar-refractivity contribution is -0.0326. The van der Waals surface area contributed by atoms with Crippen LogP contribution in [0.15, 0.2) is 5.38 Å². The molecule has 0 saturated heterocycles. The summed E-state index contributed by atoms with van der Waals surface area (Å²) < 4.78 is 10.8. The third kappa shape index (κ3) is 3.48. The molecule has 17 heavy (non-hydrogen) atoms. The van der Waals surface area contributed by atoms with Crippen LogP contribution in [-0.4, -0.2) is 25.3 Å². The molecule has 5 heteroatoms. The topological polar surface area (TPSA) is 57.4 Å². The van der Waals surface area contributed by atoms with Crippen LogP contribution in [0.3, 0.4) is 0 Å². The van der Waals surface area contributed by atoms with E-state index in [1.807, 2.05) is 12.3 Å². The van der Waals surface area contributed by atoms with Crippen molar-refractivity contribution in [3.8, 4) is 0 Å². The van der Waals surface area contributed by atoms with Crippen LogP contribution in [0.1, 0.15) is 43.9 Å². The summed E-state index contributed by atoms with van der Waals surface area (Å²) in [7, 11) is 1.64. The maximum Gasteiger partial charge on any atom is 0.125 e. The minimum absolute atomic E-state index is 0.160. The van der Waals surface area contributed by atoms with Gasteiger partial charge in [0.25, 0.3) is 0 Å². The molecule has 2 N–H and O–H groups in total. The lowest BCUT2D eigenvalue weighted by Crippen LogP contribution is -2.25. The highest BCUT2D eigenvalue weighted by atomic mass is 32.1. The summed E-state index contributed by atoms with van der Waals surface area (Å²) in [6, 6.07) is -0.160. The van der Waals surface area contributed by atoms with Gasteiger partial charge in [0, 0.05) is 19.1 Å². The van der Waals surface area contributed by atoms with Gasteiger partial charge in [-0.25, -0.2) is 4.98 Å². The molecule has 0 aliphatic carbocycles. The standard InChI is InChI=1S/C12H22N2O2S/c1-5-12(3,16-6-2)11-14-10(8-17-11)9(13)7-15-4/h8-9H,5-7,13H2,1-4H3. The van der Waals surface area contributed by atoms with E-state index in [2.05, 4.69) is 18.8 Å².